The highest BCUT2D eigenvalue weighted by Gasteiger charge is 2.18. The third-order valence-corrected chi connectivity index (χ3v) is 4.90. The summed E-state index contributed by atoms with van der Waals surface area (Å²) in [4.78, 5) is 16.1. The predicted molar refractivity (Wildman–Crippen MR) is 93.6 cm³/mol. The van der Waals surface area contributed by atoms with Crippen LogP contribution in [0.1, 0.15) is 36.5 Å². The molecule has 0 aliphatic carbocycles. The predicted octanol–water partition coefficient (Wildman–Crippen LogP) is 4.61. The van der Waals surface area contributed by atoms with Gasteiger partial charge < -0.3 is 4.98 Å². The fourth-order valence-electron chi connectivity index (χ4n) is 2.92. The molecule has 0 saturated heterocycles. The highest BCUT2D eigenvalue weighted by atomic mass is 35.5. The van der Waals surface area contributed by atoms with Gasteiger partial charge in [-0.25, -0.2) is 0 Å². The number of nitriles is 1. The molecule has 3 rings (SSSR count). The minimum absolute atomic E-state index is 0.102. The average molecular weight is 348 g/mol. The molecule has 4 nitrogen and oxygen atoms in total. The van der Waals surface area contributed by atoms with Crippen LogP contribution in [-0.2, 0) is 6.42 Å². The molecule has 0 fully saturated rings. The number of rotatable bonds is 3. The van der Waals surface area contributed by atoms with Gasteiger partial charge in [0.05, 0.1) is 26.6 Å². The van der Waals surface area contributed by atoms with Gasteiger partial charge in [-0.1, -0.05) is 36.5 Å². The van der Waals surface area contributed by atoms with E-state index in [9.17, 15) is 10.1 Å². The molecule has 0 amide bonds. The van der Waals surface area contributed by atoms with Crippen molar-refractivity contribution in [3.05, 3.63) is 49.2 Å². The Morgan fingerprint density at radius 3 is 2.65 bits per heavy atom. The first kappa shape index (κ1) is 15.9. The van der Waals surface area contributed by atoms with E-state index in [0.717, 1.165) is 18.4 Å². The average Bonchev–Trinajstić information content (AvgIpc) is 2.86. The Balaban J connectivity index is 2.50. The van der Waals surface area contributed by atoms with Crippen LogP contribution in [0.5, 0.6) is 0 Å². The number of pyridine rings is 1. The number of nitrogens with one attached hydrogen (secondary N) is 1. The summed E-state index contributed by atoms with van der Waals surface area (Å²) in [5, 5.41) is 10.3. The number of H-pyrrole nitrogens is 1. The van der Waals surface area contributed by atoms with E-state index in [0.29, 0.717) is 44.3 Å². The Hall–Kier alpha value is -1.96. The van der Waals surface area contributed by atoms with Gasteiger partial charge >= 0.3 is 0 Å². The van der Waals surface area contributed by atoms with Crippen molar-refractivity contribution in [2.45, 2.75) is 33.1 Å². The van der Waals surface area contributed by atoms with Gasteiger partial charge in [0.15, 0.2) is 0 Å². The van der Waals surface area contributed by atoms with Crippen LogP contribution < -0.4 is 5.56 Å². The second-order valence-electron chi connectivity index (χ2n) is 5.59. The SMILES string of the molecule is CCCCc1c(C)c(C#N)c2[nH]c3cc(Cl)c(Cl)cc3n2c1=O. The highest BCUT2D eigenvalue weighted by molar-refractivity contribution is 6.42. The fraction of sp³-hybridized carbons (Fsp3) is 0.294. The van der Waals surface area contributed by atoms with Gasteiger partial charge in [-0.15, -0.1) is 0 Å². The Morgan fingerprint density at radius 1 is 1.30 bits per heavy atom. The van der Waals surface area contributed by atoms with Crippen LogP contribution in [0.2, 0.25) is 10.0 Å². The first-order valence-corrected chi connectivity index (χ1v) is 8.20. The lowest BCUT2D eigenvalue weighted by Gasteiger charge is -2.08. The van der Waals surface area contributed by atoms with Crippen molar-refractivity contribution >= 4 is 39.9 Å². The molecular formula is C17H15Cl2N3O. The Bertz CT molecular complexity index is 1020. The van der Waals surface area contributed by atoms with E-state index in [2.05, 4.69) is 18.0 Å². The molecule has 6 heteroatoms. The number of imidazole rings is 1. The van der Waals surface area contributed by atoms with E-state index in [1.54, 1.807) is 12.1 Å². The molecule has 0 bridgehead atoms. The third-order valence-electron chi connectivity index (χ3n) is 4.17. The highest BCUT2D eigenvalue weighted by Crippen LogP contribution is 2.29. The number of aromatic nitrogens is 2. The summed E-state index contributed by atoms with van der Waals surface area (Å²) in [7, 11) is 0. The number of fused-ring (bicyclic) bond motifs is 3. The molecular weight excluding hydrogens is 333 g/mol. The maximum atomic E-state index is 13.0. The largest absolute Gasteiger partial charge is 0.338 e. The molecule has 0 spiro atoms. The van der Waals surface area contributed by atoms with Crippen molar-refractivity contribution in [1.82, 2.24) is 9.38 Å². The summed E-state index contributed by atoms with van der Waals surface area (Å²) in [6.45, 7) is 3.90. The van der Waals surface area contributed by atoms with Crippen LogP contribution in [0.3, 0.4) is 0 Å². The monoisotopic (exact) mass is 347 g/mol. The van der Waals surface area contributed by atoms with E-state index in [-0.39, 0.29) is 5.56 Å². The summed E-state index contributed by atoms with van der Waals surface area (Å²) >= 11 is 12.2. The number of nitrogens with zero attached hydrogens (tertiary/aromatic N) is 2. The molecule has 0 radical (unpaired) electrons. The van der Waals surface area contributed by atoms with E-state index in [1.165, 1.54) is 4.40 Å². The van der Waals surface area contributed by atoms with E-state index in [4.69, 9.17) is 23.2 Å². The quantitative estimate of drug-likeness (QED) is 0.751. The fourth-order valence-corrected chi connectivity index (χ4v) is 3.24. The maximum Gasteiger partial charge on any atom is 0.260 e. The Morgan fingerprint density at radius 2 is 2.00 bits per heavy atom. The number of hydrogen-bond donors (Lipinski definition) is 1. The van der Waals surface area contributed by atoms with E-state index >= 15 is 0 Å². The normalized spacial score (nSPS) is 11.3. The topological polar surface area (TPSA) is 61.1 Å². The van der Waals surface area contributed by atoms with Gasteiger partial charge in [0.25, 0.3) is 5.56 Å². The summed E-state index contributed by atoms with van der Waals surface area (Å²) in [6.07, 6.45) is 2.55. The van der Waals surface area contributed by atoms with Crippen molar-refractivity contribution in [2.24, 2.45) is 0 Å². The zero-order valence-corrected chi connectivity index (χ0v) is 14.3. The summed E-state index contributed by atoms with van der Waals surface area (Å²) in [5.74, 6) is 0. The van der Waals surface area contributed by atoms with E-state index in [1.807, 2.05) is 6.92 Å². The van der Waals surface area contributed by atoms with Gasteiger partial charge in [0, 0.05) is 5.56 Å². The van der Waals surface area contributed by atoms with Crippen LogP contribution >= 0.6 is 23.2 Å². The molecule has 0 aliphatic heterocycles. The number of hydrogen-bond acceptors (Lipinski definition) is 2. The molecule has 1 N–H and O–H groups in total. The van der Waals surface area contributed by atoms with Crippen molar-refractivity contribution in [3.63, 3.8) is 0 Å². The number of benzene rings is 1. The van der Waals surface area contributed by atoms with Gasteiger partial charge in [-0.05, 0) is 37.5 Å². The molecule has 0 saturated carbocycles. The van der Waals surface area contributed by atoms with Crippen molar-refractivity contribution in [3.8, 4) is 6.07 Å². The van der Waals surface area contributed by atoms with Crippen LogP contribution in [0, 0.1) is 18.3 Å². The number of aromatic amines is 1. The van der Waals surface area contributed by atoms with Crippen LogP contribution in [0.15, 0.2) is 16.9 Å². The van der Waals surface area contributed by atoms with Gasteiger partial charge in [-0.2, -0.15) is 5.26 Å². The van der Waals surface area contributed by atoms with Crippen molar-refractivity contribution in [1.29, 1.82) is 5.26 Å². The molecule has 118 valence electrons. The molecule has 1 aromatic carbocycles. The lowest BCUT2D eigenvalue weighted by molar-refractivity contribution is 0.780. The lowest BCUT2D eigenvalue weighted by atomic mass is 10.0. The molecule has 0 aliphatic rings. The Labute approximate surface area is 143 Å². The zero-order valence-electron chi connectivity index (χ0n) is 12.8. The van der Waals surface area contributed by atoms with Gasteiger partial charge in [-0.3, -0.25) is 9.20 Å². The molecule has 23 heavy (non-hydrogen) atoms. The summed E-state index contributed by atoms with van der Waals surface area (Å²) in [5.41, 5.74) is 3.62. The molecule has 0 atom stereocenters. The minimum atomic E-state index is -0.102. The van der Waals surface area contributed by atoms with Crippen molar-refractivity contribution < 1.29 is 0 Å². The van der Waals surface area contributed by atoms with Crippen molar-refractivity contribution in [2.75, 3.05) is 0 Å². The molecule has 0 unspecified atom stereocenters. The van der Waals surface area contributed by atoms with Gasteiger partial charge in [0.1, 0.15) is 11.7 Å². The second kappa shape index (κ2) is 5.92. The molecule has 2 aromatic heterocycles. The summed E-state index contributed by atoms with van der Waals surface area (Å²) < 4.78 is 1.54. The lowest BCUT2D eigenvalue weighted by Crippen LogP contribution is -2.21. The van der Waals surface area contributed by atoms with Crippen LogP contribution in [0.4, 0.5) is 0 Å². The van der Waals surface area contributed by atoms with Gasteiger partial charge in [0.2, 0.25) is 0 Å². The third kappa shape index (κ3) is 2.41. The first-order chi connectivity index (χ1) is 11.0. The maximum absolute atomic E-state index is 13.0. The standard InChI is InChI=1S/C17H15Cl2N3O/c1-3-4-5-10-9(2)11(8-20)16-21-14-6-12(18)13(19)7-15(14)22(16)17(10)23/h6-7,21H,3-5H2,1-2H3. The smallest absolute Gasteiger partial charge is 0.260 e. The zero-order chi connectivity index (χ0) is 16.7. The first-order valence-electron chi connectivity index (χ1n) is 7.44. The number of unbranched alkanes of at least 4 members (excludes halogenated alkanes) is 1. The molecule has 2 heterocycles. The second-order valence-corrected chi connectivity index (χ2v) is 6.41. The number of halogens is 2. The minimum Gasteiger partial charge on any atom is -0.338 e. The van der Waals surface area contributed by atoms with Crippen LogP contribution in [-0.4, -0.2) is 9.38 Å². The Kier molecular flexibility index (Phi) is 4.09. The summed E-state index contributed by atoms with van der Waals surface area (Å²) in [6, 6.07) is 5.55. The molecule has 3 aromatic rings. The van der Waals surface area contributed by atoms with Crippen LogP contribution in [0.25, 0.3) is 16.7 Å². The van der Waals surface area contributed by atoms with E-state index < -0.39 is 0 Å².